The van der Waals surface area contributed by atoms with Crippen molar-refractivity contribution in [2.24, 2.45) is 5.92 Å². The van der Waals surface area contributed by atoms with Gasteiger partial charge in [0.1, 0.15) is 0 Å². The summed E-state index contributed by atoms with van der Waals surface area (Å²) in [5.74, 6) is -0.0788. The van der Waals surface area contributed by atoms with Gasteiger partial charge < -0.3 is 10.2 Å². The third-order valence-electron chi connectivity index (χ3n) is 3.27. The number of nitrogens with zero attached hydrogens (tertiary/aromatic N) is 1. The van der Waals surface area contributed by atoms with Crippen LogP contribution in [0.1, 0.15) is 26.2 Å². The molecule has 1 aliphatic carbocycles. The zero-order valence-electron chi connectivity index (χ0n) is 11.9. The molecule has 0 heterocycles. The molecule has 0 spiro atoms. The van der Waals surface area contributed by atoms with Crippen molar-refractivity contribution in [2.45, 2.75) is 26.2 Å². The quantitative estimate of drug-likeness (QED) is 0.867. The Labute approximate surface area is 134 Å². The molecule has 21 heavy (non-hydrogen) atoms. The fourth-order valence-corrected chi connectivity index (χ4v) is 2.42. The minimum Gasteiger partial charge on any atom is -0.333 e. The molecular formula is C15H18Cl2N2O2. The smallest absolute Gasteiger partial charge is 0.244 e. The lowest BCUT2D eigenvalue weighted by molar-refractivity contribution is -0.135. The van der Waals surface area contributed by atoms with Gasteiger partial charge in [-0.25, -0.2) is 0 Å². The maximum Gasteiger partial charge on any atom is 0.244 e. The van der Waals surface area contributed by atoms with Crippen LogP contribution in [-0.2, 0) is 9.59 Å². The van der Waals surface area contributed by atoms with E-state index in [2.05, 4.69) is 5.32 Å². The van der Waals surface area contributed by atoms with Crippen molar-refractivity contribution in [3.8, 4) is 0 Å². The first-order chi connectivity index (χ1) is 10.0. The molecule has 0 aliphatic heterocycles. The average Bonchev–Trinajstić information content (AvgIpc) is 3.26. The third kappa shape index (κ3) is 4.61. The molecule has 2 amide bonds. The van der Waals surface area contributed by atoms with Gasteiger partial charge in [0.2, 0.25) is 11.8 Å². The lowest BCUT2D eigenvalue weighted by Gasteiger charge is -2.21. The highest BCUT2D eigenvalue weighted by molar-refractivity contribution is 6.35. The Morgan fingerprint density at radius 3 is 2.67 bits per heavy atom. The van der Waals surface area contributed by atoms with Gasteiger partial charge in [-0.1, -0.05) is 30.1 Å². The zero-order chi connectivity index (χ0) is 15.4. The summed E-state index contributed by atoms with van der Waals surface area (Å²) in [5.41, 5.74) is 0.462. The van der Waals surface area contributed by atoms with Gasteiger partial charge in [0.25, 0.3) is 0 Å². The number of carbonyl (C=O) groups is 2. The highest BCUT2D eigenvalue weighted by Crippen LogP contribution is 2.31. The molecule has 6 heteroatoms. The third-order valence-corrected chi connectivity index (χ3v) is 3.83. The molecular weight excluding hydrogens is 311 g/mol. The summed E-state index contributed by atoms with van der Waals surface area (Å²) in [6, 6.07) is 4.87. The summed E-state index contributed by atoms with van der Waals surface area (Å²) >= 11 is 11.9. The maximum atomic E-state index is 12.1. The van der Waals surface area contributed by atoms with E-state index in [1.165, 1.54) is 0 Å². The molecule has 1 fully saturated rings. The van der Waals surface area contributed by atoms with E-state index in [-0.39, 0.29) is 24.3 Å². The topological polar surface area (TPSA) is 49.4 Å². The predicted molar refractivity (Wildman–Crippen MR) is 84.7 cm³/mol. The van der Waals surface area contributed by atoms with Crippen LogP contribution >= 0.6 is 23.2 Å². The Hall–Kier alpha value is -1.26. The van der Waals surface area contributed by atoms with E-state index in [1.54, 1.807) is 23.1 Å². The van der Waals surface area contributed by atoms with E-state index in [4.69, 9.17) is 23.2 Å². The molecule has 114 valence electrons. The summed E-state index contributed by atoms with van der Waals surface area (Å²) in [6.07, 6.45) is 2.69. The lowest BCUT2D eigenvalue weighted by Crippen LogP contribution is -2.39. The molecule has 0 bridgehead atoms. The van der Waals surface area contributed by atoms with Crippen molar-refractivity contribution in [2.75, 3.05) is 18.4 Å². The predicted octanol–water partition coefficient (Wildman–Crippen LogP) is 3.58. The number of anilines is 1. The molecule has 0 aromatic heterocycles. The highest BCUT2D eigenvalue weighted by atomic mass is 35.5. The van der Waals surface area contributed by atoms with Crippen molar-refractivity contribution < 1.29 is 9.59 Å². The first-order valence-corrected chi connectivity index (χ1v) is 7.80. The van der Waals surface area contributed by atoms with Crippen molar-refractivity contribution >= 4 is 40.7 Å². The molecule has 0 radical (unpaired) electrons. The number of nitrogens with one attached hydrogen (secondary N) is 1. The SMILES string of the molecule is CCCN(CC(=O)Nc1cc(Cl)ccc1Cl)C(=O)C1CC1. The highest BCUT2D eigenvalue weighted by Gasteiger charge is 2.33. The lowest BCUT2D eigenvalue weighted by atomic mass is 10.3. The molecule has 0 saturated heterocycles. The number of rotatable bonds is 6. The van der Waals surface area contributed by atoms with Crippen LogP contribution in [-0.4, -0.2) is 29.8 Å². The van der Waals surface area contributed by atoms with Crippen LogP contribution in [0.3, 0.4) is 0 Å². The number of benzene rings is 1. The number of carbonyl (C=O) groups excluding carboxylic acids is 2. The largest absolute Gasteiger partial charge is 0.333 e. The second kappa shape index (κ2) is 7.14. The van der Waals surface area contributed by atoms with Gasteiger partial charge in [-0.15, -0.1) is 0 Å². The van der Waals surface area contributed by atoms with Gasteiger partial charge in [0, 0.05) is 17.5 Å². The standard InChI is InChI=1S/C15H18Cl2N2O2/c1-2-7-19(15(21)10-3-4-10)9-14(20)18-13-8-11(16)5-6-12(13)17/h5-6,8,10H,2-4,7,9H2,1H3,(H,18,20). The van der Waals surface area contributed by atoms with Crippen LogP contribution in [0.15, 0.2) is 18.2 Å². The zero-order valence-corrected chi connectivity index (χ0v) is 13.4. The Kier molecular flexibility index (Phi) is 5.48. The van der Waals surface area contributed by atoms with Gasteiger partial charge in [0.15, 0.2) is 0 Å². The van der Waals surface area contributed by atoms with E-state index in [9.17, 15) is 9.59 Å². The number of halogens is 2. The van der Waals surface area contributed by atoms with Gasteiger partial charge in [0.05, 0.1) is 17.3 Å². The second-order valence-corrected chi connectivity index (χ2v) is 6.05. The van der Waals surface area contributed by atoms with Gasteiger partial charge in [-0.2, -0.15) is 0 Å². The number of amides is 2. The van der Waals surface area contributed by atoms with Gasteiger partial charge >= 0.3 is 0 Å². The maximum absolute atomic E-state index is 12.1. The molecule has 1 saturated carbocycles. The van der Waals surface area contributed by atoms with Gasteiger partial charge in [-0.3, -0.25) is 9.59 Å². The Bertz CT molecular complexity index is 544. The second-order valence-electron chi connectivity index (χ2n) is 5.21. The minimum absolute atomic E-state index is 0.0476. The van der Waals surface area contributed by atoms with Gasteiger partial charge in [-0.05, 0) is 37.5 Å². The van der Waals surface area contributed by atoms with Crippen LogP contribution in [0, 0.1) is 5.92 Å². The fourth-order valence-electron chi connectivity index (χ4n) is 2.08. The van der Waals surface area contributed by atoms with E-state index in [0.717, 1.165) is 19.3 Å². The Morgan fingerprint density at radius 2 is 2.05 bits per heavy atom. The summed E-state index contributed by atoms with van der Waals surface area (Å²) in [5, 5.41) is 3.62. The molecule has 1 N–H and O–H groups in total. The van der Waals surface area contributed by atoms with Crippen LogP contribution in [0.25, 0.3) is 0 Å². The van der Waals surface area contributed by atoms with E-state index in [1.807, 2.05) is 6.92 Å². The first-order valence-electron chi connectivity index (χ1n) is 7.05. The van der Waals surface area contributed by atoms with E-state index < -0.39 is 0 Å². The molecule has 1 aliphatic rings. The summed E-state index contributed by atoms with van der Waals surface area (Å²) in [7, 11) is 0. The molecule has 1 aromatic rings. The Morgan fingerprint density at radius 1 is 1.33 bits per heavy atom. The van der Waals surface area contributed by atoms with E-state index in [0.29, 0.717) is 22.3 Å². The average molecular weight is 329 g/mol. The number of hydrogen-bond acceptors (Lipinski definition) is 2. The summed E-state index contributed by atoms with van der Waals surface area (Å²) in [6.45, 7) is 2.62. The normalized spacial score (nSPS) is 13.9. The monoisotopic (exact) mass is 328 g/mol. The molecule has 1 aromatic carbocycles. The Balaban J connectivity index is 1.98. The minimum atomic E-state index is -0.262. The van der Waals surface area contributed by atoms with Crippen LogP contribution in [0.4, 0.5) is 5.69 Å². The first kappa shape index (κ1) is 16.1. The summed E-state index contributed by atoms with van der Waals surface area (Å²) in [4.78, 5) is 25.8. The molecule has 4 nitrogen and oxygen atoms in total. The van der Waals surface area contributed by atoms with Crippen molar-refractivity contribution in [3.05, 3.63) is 28.2 Å². The van der Waals surface area contributed by atoms with Crippen LogP contribution in [0.5, 0.6) is 0 Å². The van der Waals surface area contributed by atoms with Crippen LogP contribution < -0.4 is 5.32 Å². The molecule has 0 unspecified atom stereocenters. The fraction of sp³-hybridized carbons (Fsp3) is 0.467. The van der Waals surface area contributed by atoms with Crippen molar-refractivity contribution in [1.29, 1.82) is 0 Å². The number of hydrogen-bond donors (Lipinski definition) is 1. The summed E-state index contributed by atoms with van der Waals surface area (Å²) < 4.78 is 0. The molecule has 2 rings (SSSR count). The van der Waals surface area contributed by atoms with E-state index >= 15 is 0 Å². The van der Waals surface area contributed by atoms with Crippen molar-refractivity contribution in [1.82, 2.24) is 4.90 Å². The molecule has 0 atom stereocenters. The van der Waals surface area contributed by atoms with Crippen LogP contribution in [0.2, 0.25) is 10.0 Å². The van der Waals surface area contributed by atoms with Crippen molar-refractivity contribution in [3.63, 3.8) is 0 Å².